The maximum Gasteiger partial charge on any atom is 0.337 e. The van der Waals surface area contributed by atoms with Crippen molar-refractivity contribution in [1.29, 1.82) is 0 Å². The molecular weight excluding hydrogens is 614 g/mol. The van der Waals surface area contributed by atoms with Gasteiger partial charge >= 0.3 is 11.9 Å². The highest BCUT2D eigenvalue weighted by Gasteiger charge is 2.32. The van der Waals surface area contributed by atoms with Gasteiger partial charge in [-0.25, -0.2) is 18.2 Å². The lowest BCUT2D eigenvalue weighted by atomic mass is 9.89. The molecule has 9 nitrogen and oxygen atoms in total. The summed E-state index contributed by atoms with van der Waals surface area (Å²) in [6, 6.07) is 23.5. The van der Waals surface area contributed by atoms with Crippen molar-refractivity contribution in [3.63, 3.8) is 0 Å². The molecule has 0 aliphatic rings. The van der Waals surface area contributed by atoms with Gasteiger partial charge in [0.1, 0.15) is 6.04 Å². The number of ether oxygens (including phenoxy) is 2. The number of nitrogens with zero attached hydrogens (tertiary/aromatic N) is 2. The van der Waals surface area contributed by atoms with Crippen LogP contribution in [0.25, 0.3) is 5.69 Å². The van der Waals surface area contributed by atoms with Crippen molar-refractivity contribution in [2.75, 3.05) is 7.11 Å². The van der Waals surface area contributed by atoms with Gasteiger partial charge in [0.2, 0.25) is 10.0 Å². The van der Waals surface area contributed by atoms with Gasteiger partial charge in [0.25, 0.3) is 0 Å². The lowest BCUT2D eigenvalue weighted by Crippen LogP contribution is -2.43. The van der Waals surface area contributed by atoms with Gasteiger partial charge in [-0.05, 0) is 92.8 Å². The van der Waals surface area contributed by atoms with Gasteiger partial charge < -0.3 is 14.0 Å². The SMILES string of the molecule is COC(=O)c1cc(C)c(C(OC(=O)[C@H](Cc2ccccc2)NS(=O)(=O)c2ccc(C)cc2)c2cc(-n3ccnc3)ccc2C)c(C)c1. The van der Waals surface area contributed by atoms with E-state index in [1.54, 1.807) is 36.8 Å². The highest BCUT2D eigenvalue weighted by molar-refractivity contribution is 7.89. The zero-order chi connectivity index (χ0) is 33.7. The number of sulfonamides is 1. The van der Waals surface area contributed by atoms with Crippen molar-refractivity contribution >= 4 is 22.0 Å². The molecule has 4 aromatic carbocycles. The average molecular weight is 652 g/mol. The second kappa shape index (κ2) is 14.1. The van der Waals surface area contributed by atoms with E-state index in [1.165, 1.54) is 19.2 Å². The number of aryl methyl sites for hydroxylation is 4. The molecule has 0 saturated heterocycles. The van der Waals surface area contributed by atoms with E-state index in [4.69, 9.17) is 9.47 Å². The highest BCUT2D eigenvalue weighted by Crippen LogP contribution is 2.35. The third-order valence-corrected chi connectivity index (χ3v) is 9.54. The summed E-state index contributed by atoms with van der Waals surface area (Å²) >= 11 is 0. The first-order chi connectivity index (χ1) is 22.5. The summed E-state index contributed by atoms with van der Waals surface area (Å²) in [4.78, 5) is 30.9. The van der Waals surface area contributed by atoms with E-state index in [0.717, 1.165) is 22.4 Å². The van der Waals surface area contributed by atoms with Crippen LogP contribution in [0.1, 0.15) is 55.4 Å². The van der Waals surface area contributed by atoms with E-state index < -0.39 is 34.1 Å². The molecule has 5 aromatic rings. The molecule has 0 aliphatic carbocycles. The maximum atomic E-state index is 14.3. The zero-order valence-electron chi connectivity index (χ0n) is 26.9. The Hall–Kier alpha value is -5.06. The number of hydrogen-bond donors (Lipinski definition) is 1. The molecule has 0 spiro atoms. The van der Waals surface area contributed by atoms with Crippen molar-refractivity contribution in [3.05, 3.63) is 148 Å². The van der Waals surface area contributed by atoms with Gasteiger partial charge in [0, 0.05) is 29.2 Å². The zero-order valence-corrected chi connectivity index (χ0v) is 27.7. The number of carbonyl (C=O) groups excluding carboxylic acids is 2. The third kappa shape index (κ3) is 7.67. The fourth-order valence-electron chi connectivity index (χ4n) is 5.58. The Bertz CT molecular complexity index is 1970. The van der Waals surface area contributed by atoms with Gasteiger partial charge in [-0.2, -0.15) is 4.72 Å². The van der Waals surface area contributed by atoms with Gasteiger partial charge in [0.15, 0.2) is 6.10 Å². The number of esters is 2. The van der Waals surface area contributed by atoms with Gasteiger partial charge in [-0.15, -0.1) is 0 Å². The lowest BCUT2D eigenvalue weighted by Gasteiger charge is -2.27. The second-order valence-electron chi connectivity index (χ2n) is 11.5. The largest absolute Gasteiger partial charge is 0.465 e. The molecule has 47 heavy (non-hydrogen) atoms. The summed E-state index contributed by atoms with van der Waals surface area (Å²) < 4.78 is 42.9. The standard InChI is InChI=1S/C37H37N3O6S/c1-24-11-15-31(16-12-24)47(43,44)39-33(21-28-9-7-6-8-10-28)37(42)46-35(34-26(3)19-29(20-27(34)4)36(41)45-5)32-22-30(14-13-25(32)2)40-18-17-38-23-40/h6-20,22-23,33,35,39H,21H2,1-5H3/t33-,35?/m0/s1. The van der Waals surface area contributed by atoms with Crippen LogP contribution in [-0.2, 0) is 30.7 Å². The van der Waals surface area contributed by atoms with E-state index in [-0.39, 0.29) is 11.3 Å². The molecule has 0 bridgehead atoms. The number of hydrogen-bond acceptors (Lipinski definition) is 7. The van der Waals surface area contributed by atoms with E-state index in [9.17, 15) is 18.0 Å². The van der Waals surface area contributed by atoms with Gasteiger partial charge in [-0.1, -0.05) is 54.1 Å². The van der Waals surface area contributed by atoms with Crippen LogP contribution in [0.3, 0.4) is 0 Å². The number of aromatic nitrogens is 2. The van der Waals surface area contributed by atoms with E-state index >= 15 is 0 Å². The van der Waals surface area contributed by atoms with Crippen LogP contribution in [0.5, 0.6) is 0 Å². The maximum absolute atomic E-state index is 14.3. The first-order valence-electron chi connectivity index (χ1n) is 15.1. The Kier molecular flexibility index (Phi) is 10.0. The topological polar surface area (TPSA) is 117 Å². The Morgan fingerprint density at radius 2 is 1.55 bits per heavy atom. The molecule has 242 valence electrons. The first-order valence-corrected chi connectivity index (χ1v) is 16.6. The smallest absolute Gasteiger partial charge is 0.337 e. The van der Waals surface area contributed by atoms with Crippen LogP contribution in [0, 0.1) is 27.7 Å². The summed E-state index contributed by atoms with van der Waals surface area (Å²) in [6.45, 7) is 7.46. The fourth-order valence-corrected chi connectivity index (χ4v) is 6.76. The van der Waals surface area contributed by atoms with Gasteiger partial charge in [-0.3, -0.25) is 4.79 Å². The normalized spacial score (nSPS) is 12.7. The molecule has 1 N–H and O–H groups in total. The van der Waals surface area contributed by atoms with E-state index in [1.807, 2.05) is 87.0 Å². The average Bonchev–Trinajstić information content (AvgIpc) is 3.59. The summed E-state index contributed by atoms with van der Waals surface area (Å²) in [7, 11) is -2.78. The molecule has 0 radical (unpaired) electrons. The molecule has 0 amide bonds. The molecule has 10 heteroatoms. The van der Waals surface area contributed by atoms with E-state index in [0.29, 0.717) is 27.8 Å². The number of rotatable bonds is 11. The first kappa shape index (κ1) is 33.3. The Morgan fingerprint density at radius 3 is 2.17 bits per heavy atom. The Balaban J connectivity index is 1.60. The highest BCUT2D eigenvalue weighted by atomic mass is 32.2. The molecule has 1 unspecified atom stereocenters. The van der Waals surface area contributed by atoms with Crippen molar-refractivity contribution < 1.29 is 27.5 Å². The fraction of sp³-hybridized carbons (Fsp3) is 0.216. The molecular formula is C37H37N3O6S. The van der Waals surface area contributed by atoms with Crippen LogP contribution in [0.15, 0.2) is 109 Å². The lowest BCUT2D eigenvalue weighted by molar-refractivity contribution is -0.149. The van der Waals surface area contributed by atoms with Crippen LogP contribution in [0.4, 0.5) is 0 Å². The minimum Gasteiger partial charge on any atom is -0.465 e. The Morgan fingerprint density at radius 1 is 0.872 bits per heavy atom. The summed E-state index contributed by atoms with van der Waals surface area (Å²) in [5.74, 6) is -1.24. The van der Waals surface area contributed by atoms with Gasteiger partial charge in [0.05, 0.1) is 23.9 Å². The van der Waals surface area contributed by atoms with Crippen LogP contribution >= 0.6 is 0 Å². The predicted octanol–water partition coefficient (Wildman–Crippen LogP) is 6.11. The number of benzene rings is 4. The molecule has 5 rings (SSSR count). The van der Waals surface area contributed by atoms with Crippen molar-refractivity contribution in [3.8, 4) is 5.69 Å². The third-order valence-electron chi connectivity index (χ3n) is 8.05. The summed E-state index contributed by atoms with van der Waals surface area (Å²) in [6.07, 6.45) is 4.27. The molecule has 2 atom stereocenters. The van der Waals surface area contributed by atoms with E-state index in [2.05, 4.69) is 9.71 Å². The number of methoxy groups -OCH3 is 1. The Labute approximate surface area is 275 Å². The molecule has 0 saturated carbocycles. The predicted molar refractivity (Wildman–Crippen MR) is 179 cm³/mol. The minimum atomic E-state index is -4.10. The van der Waals surface area contributed by atoms with Crippen LogP contribution in [-0.4, -0.2) is 43.1 Å². The summed E-state index contributed by atoms with van der Waals surface area (Å²) in [5, 5.41) is 0. The monoisotopic (exact) mass is 651 g/mol. The van der Waals surface area contributed by atoms with Crippen molar-refractivity contribution in [1.82, 2.24) is 14.3 Å². The van der Waals surface area contributed by atoms with Crippen molar-refractivity contribution in [2.24, 2.45) is 0 Å². The number of imidazole rings is 1. The van der Waals surface area contributed by atoms with Crippen LogP contribution in [0.2, 0.25) is 0 Å². The minimum absolute atomic E-state index is 0.0412. The van der Waals surface area contributed by atoms with Crippen molar-refractivity contribution in [2.45, 2.75) is 51.2 Å². The summed E-state index contributed by atoms with van der Waals surface area (Å²) in [5.41, 5.74) is 6.46. The molecule has 0 aliphatic heterocycles. The molecule has 1 aromatic heterocycles. The number of carbonyl (C=O) groups is 2. The number of nitrogens with one attached hydrogen (secondary N) is 1. The quantitative estimate of drug-likeness (QED) is 0.171. The molecule has 0 fully saturated rings. The van der Waals surface area contributed by atoms with Crippen LogP contribution < -0.4 is 4.72 Å². The molecule has 1 heterocycles. The second-order valence-corrected chi connectivity index (χ2v) is 13.2.